The summed E-state index contributed by atoms with van der Waals surface area (Å²) in [4.78, 5) is 33.2. The molecule has 0 spiro atoms. The predicted molar refractivity (Wildman–Crippen MR) is 110 cm³/mol. The maximum absolute atomic E-state index is 12.8. The minimum absolute atomic E-state index is 0.00925. The lowest BCUT2D eigenvalue weighted by Crippen LogP contribution is -2.23. The van der Waals surface area contributed by atoms with Gasteiger partial charge in [0.25, 0.3) is 5.56 Å². The number of allylic oxidation sites excluding steroid dienone is 1. The number of nitrogens with zero attached hydrogens (tertiary/aromatic N) is 2. The van der Waals surface area contributed by atoms with Gasteiger partial charge in [0.1, 0.15) is 0 Å². The molecule has 134 valence electrons. The van der Waals surface area contributed by atoms with Crippen LogP contribution in [0.1, 0.15) is 10.4 Å². The van der Waals surface area contributed by atoms with Crippen molar-refractivity contribution >= 4 is 39.4 Å². The van der Waals surface area contributed by atoms with Crippen LogP contribution in [-0.2, 0) is 6.54 Å². The molecule has 0 saturated heterocycles. The summed E-state index contributed by atoms with van der Waals surface area (Å²) in [5.74, 6) is 0.189. The number of nitrogens with one attached hydrogen (secondary N) is 1. The summed E-state index contributed by atoms with van der Waals surface area (Å²) >= 11 is 1.27. The third kappa shape index (κ3) is 3.19. The number of carbonyl (C=O) groups is 1. The van der Waals surface area contributed by atoms with E-state index in [-0.39, 0.29) is 17.1 Å². The Bertz CT molecular complexity index is 1220. The summed E-state index contributed by atoms with van der Waals surface area (Å²) in [7, 11) is 0. The molecule has 0 radical (unpaired) electrons. The first-order valence-corrected chi connectivity index (χ1v) is 9.50. The first-order valence-electron chi connectivity index (χ1n) is 8.51. The molecular weight excluding hydrogens is 358 g/mol. The van der Waals surface area contributed by atoms with Crippen LogP contribution in [0.2, 0.25) is 0 Å². The third-order valence-corrected chi connectivity index (χ3v) is 5.34. The zero-order chi connectivity index (χ0) is 18.8. The number of aromatic nitrogens is 3. The van der Waals surface area contributed by atoms with E-state index in [0.29, 0.717) is 28.2 Å². The number of thioether (sulfide) groups is 1. The average Bonchev–Trinajstić information content (AvgIpc) is 3.13. The van der Waals surface area contributed by atoms with E-state index in [1.54, 1.807) is 29.0 Å². The standard InChI is InChI=1S/C21H17N3O2S/c1-2-11-24-20(26)15-8-4-6-10-18(15)23-21(24)27-13-19(25)16-12-22-17-9-5-3-7-14(16)17/h2-10,12,22H,1,11,13H2. The summed E-state index contributed by atoms with van der Waals surface area (Å²) in [6.45, 7) is 4.07. The molecule has 0 atom stereocenters. The SMILES string of the molecule is C=CCn1c(SCC(=O)c2c[nH]c3ccccc23)nc2ccccc2c1=O. The van der Waals surface area contributed by atoms with E-state index in [4.69, 9.17) is 0 Å². The number of para-hydroxylation sites is 2. The van der Waals surface area contributed by atoms with Crippen molar-refractivity contribution in [3.05, 3.63) is 83.3 Å². The summed E-state index contributed by atoms with van der Waals surface area (Å²) < 4.78 is 1.56. The summed E-state index contributed by atoms with van der Waals surface area (Å²) in [6.07, 6.45) is 3.39. The molecule has 0 fully saturated rings. The molecule has 4 rings (SSSR count). The Balaban J connectivity index is 1.67. The van der Waals surface area contributed by atoms with Crippen LogP contribution in [0.5, 0.6) is 0 Å². The van der Waals surface area contributed by atoms with E-state index >= 15 is 0 Å². The second-order valence-corrected chi connectivity index (χ2v) is 7.02. The van der Waals surface area contributed by atoms with Gasteiger partial charge in [-0.3, -0.25) is 14.2 Å². The lowest BCUT2D eigenvalue weighted by Gasteiger charge is -2.11. The van der Waals surface area contributed by atoms with Gasteiger partial charge < -0.3 is 4.98 Å². The second-order valence-electron chi connectivity index (χ2n) is 6.08. The first-order chi connectivity index (χ1) is 13.2. The predicted octanol–water partition coefficient (Wildman–Crippen LogP) is 4.04. The normalized spacial score (nSPS) is 11.1. The fourth-order valence-electron chi connectivity index (χ4n) is 3.06. The molecule has 0 saturated carbocycles. The molecule has 1 N–H and O–H groups in total. The van der Waals surface area contributed by atoms with E-state index in [9.17, 15) is 9.59 Å². The molecular formula is C21H17N3O2S. The van der Waals surface area contributed by atoms with Gasteiger partial charge in [-0.05, 0) is 18.2 Å². The van der Waals surface area contributed by atoms with Crippen molar-refractivity contribution in [1.82, 2.24) is 14.5 Å². The molecule has 27 heavy (non-hydrogen) atoms. The number of Topliss-reactive ketones (excluding diaryl/α,β-unsaturated/α-hetero) is 1. The number of rotatable bonds is 6. The van der Waals surface area contributed by atoms with Gasteiger partial charge in [-0.15, -0.1) is 6.58 Å². The highest BCUT2D eigenvalue weighted by Crippen LogP contribution is 2.23. The molecule has 0 bridgehead atoms. The number of carbonyl (C=O) groups excluding carboxylic acids is 1. The number of hydrogen-bond acceptors (Lipinski definition) is 4. The van der Waals surface area contributed by atoms with E-state index in [2.05, 4.69) is 16.5 Å². The van der Waals surface area contributed by atoms with Crippen molar-refractivity contribution in [3.63, 3.8) is 0 Å². The lowest BCUT2D eigenvalue weighted by atomic mass is 10.1. The van der Waals surface area contributed by atoms with Gasteiger partial charge >= 0.3 is 0 Å². The van der Waals surface area contributed by atoms with Crippen molar-refractivity contribution in [2.24, 2.45) is 0 Å². The second kappa shape index (κ2) is 7.25. The average molecular weight is 375 g/mol. The minimum atomic E-state index is -0.123. The molecule has 4 aromatic rings. The number of aromatic amines is 1. The molecule has 2 aromatic carbocycles. The number of ketones is 1. The van der Waals surface area contributed by atoms with E-state index < -0.39 is 0 Å². The van der Waals surface area contributed by atoms with Crippen molar-refractivity contribution in [2.75, 3.05) is 5.75 Å². The molecule has 0 unspecified atom stereocenters. The summed E-state index contributed by atoms with van der Waals surface area (Å²) in [5, 5.41) is 1.98. The Labute approximate surface area is 159 Å². The molecule has 0 aliphatic rings. The highest BCUT2D eigenvalue weighted by molar-refractivity contribution is 7.99. The smallest absolute Gasteiger partial charge is 0.262 e. The van der Waals surface area contributed by atoms with Crippen molar-refractivity contribution < 1.29 is 4.79 Å². The summed E-state index contributed by atoms with van der Waals surface area (Å²) in [6, 6.07) is 14.9. The van der Waals surface area contributed by atoms with Crippen molar-refractivity contribution in [2.45, 2.75) is 11.7 Å². The van der Waals surface area contributed by atoms with E-state index in [1.165, 1.54) is 11.8 Å². The van der Waals surface area contributed by atoms with Gasteiger partial charge in [-0.2, -0.15) is 0 Å². The van der Waals surface area contributed by atoms with E-state index in [0.717, 1.165) is 10.9 Å². The topological polar surface area (TPSA) is 67.8 Å². The Kier molecular flexibility index (Phi) is 4.64. The zero-order valence-corrected chi connectivity index (χ0v) is 15.3. The van der Waals surface area contributed by atoms with Crippen LogP contribution in [0.25, 0.3) is 21.8 Å². The van der Waals surface area contributed by atoms with Crippen molar-refractivity contribution in [1.29, 1.82) is 0 Å². The highest BCUT2D eigenvalue weighted by atomic mass is 32.2. The minimum Gasteiger partial charge on any atom is -0.360 e. The van der Waals surface area contributed by atoms with Crippen LogP contribution in [-0.4, -0.2) is 26.1 Å². The number of benzene rings is 2. The highest BCUT2D eigenvalue weighted by Gasteiger charge is 2.15. The quantitative estimate of drug-likeness (QED) is 0.239. The maximum Gasteiger partial charge on any atom is 0.262 e. The van der Waals surface area contributed by atoms with Crippen LogP contribution >= 0.6 is 11.8 Å². The zero-order valence-electron chi connectivity index (χ0n) is 14.5. The van der Waals surface area contributed by atoms with Gasteiger partial charge in [0.15, 0.2) is 10.9 Å². The van der Waals surface area contributed by atoms with Crippen LogP contribution in [0, 0.1) is 0 Å². The van der Waals surface area contributed by atoms with Crippen LogP contribution in [0.4, 0.5) is 0 Å². The van der Waals surface area contributed by atoms with Crippen molar-refractivity contribution in [3.8, 4) is 0 Å². The Hall–Kier alpha value is -3.12. The van der Waals surface area contributed by atoms with Crippen LogP contribution in [0.15, 0.2) is 77.3 Å². The lowest BCUT2D eigenvalue weighted by molar-refractivity contribution is 0.102. The van der Waals surface area contributed by atoms with Gasteiger partial charge in [0.2, 0.25) is 0 Å². The van der Waals surface area contributed by atoms with Gasteiger partial charge in [-0.25, -0.2) is 4.98 Å². The monoisotopic (exact) mass is 375 g/mol. The summed E-state index contributed by atoms with van der Waals surface area (Å²) in [5.41, 5.74) is 2.09. The fourth-order valence-corrected chi connectivity index (χ4v) is 3.95. The third-order valence-electron chi connectivity index (χ3n) is 4.36. The van der Waals surface area contributed by atoms with Gasteiger partial charge in [-0.1, -0.05) is 48.2 Å². The van der Waals surface area contributed by atoms with Gasteiger partial charge in [0.05, 0.1) is 16.7 Å². The molecule has 6 heteroatoms. The fraction of sp³-hybridized carbons (Fsp3) is 0.0952. The Morgan fingerprint density at radius 2 is 1.89 bits per heavy atom. The molecule has 5 nitrogen and oxygen atoms in total. The molecule has 2 aromatic heterocycles. The largest absolute Gasteiger partial charge is 0.360 e. The maximum atomic E-state index is 12.8. The molecule has 0 amide bonds. The molecule has 0 aliphatic heterocycles. The Morgan fingerprint density at radius 3 is 2.70 bits per heavy atom. The Morgan fingerprint density at radius 1 is 1.15 bits per heavy atom. The number of fused-ring (bicyclic) bond motifs is 2. The van der Waals surface area contributed by atoms with Gasteiger partial charge in [0, 0.05) is 29.2 Å². The van der Waals surface area contributed by atoms with Crippen LogP contribution < -0.4 is 5.56 Å². The first kappa shape index (κ1) is 17.3. The number of H-pyrrole nitrogens is 1. The van der Waals surface area contributed by atoms with E-state index in [1.807, 2.05) is 36.4 Å². The van der Waals surface area contributed by atoms with Crippen LogP contribution in [0.3, 0.4) is 0 Å². The number of hydrogen-bond donors (Lipinski definition) is 1. The molecule has 2 heterocycles. The molecule has 0 aliphatic carbocycles.